The third-order valence-electron chi connectivity index (χ3n) is 2.61. The van der Waals surface area contributed by atoms with E-state index in [1.165, 1.54) is 25.0 Å². The van der Waals surface area contributed by atoms with Gasteiger partial charge in [0.1, 0.15) is 11.6 Å². The third kappa shape index (κ3) is 3.13. The van der Waals surface area contributed by atoms with Gasteiger partial charge in [0.25, 0.3) is 0 Å². The van der Waals surface area contributed by atoms with Crippen molar-refractivity contribution in [1.82, 2.24) is 0 Å². The van der Waals surface area contributed by atoms with Crippen LogP contribution >= 0.6 is 15.9 Å². The first kappa shape index (κ1) is 10.8. The van der Waals surface area contributed by atoms with Gasteiger partial charge in [-0.05, 0) is 42.5 Å². The lowest BCUT2D eigenvalue weighted by atomic mass is 10.1. The van der Waals surface area contributed by atoms with Gasteiger partial charge >= 0.3 is 0 Å². The van der Waals surface area contributed by atoms with E-state index < -0.39 is 0 Å². The predicted octanol–water partition coefficient (Wildman–Crippen LogP) is 3.50. The molecule has 1 saturated carbocycles. The number of benzene rings is 1. The van der Waals surface area contributed by atoms with Gasteiger partial charge in [-0.25, -0.2) is 4.39 Å². The summed E-state index contributed by atoms with van der Waals surface area (Å²) in [5.41, 5.74) is 0.751. The molecule has 80 valence electrons. The van der Waals surface area contributed by atoms with Crippen molar-refractivity contribution in [2.45, 2.75) is 25.7 Å². The van der Waals surface area contributed by atoms with Gasteiger partial charge in [0.05, 0.1) is 0 Å². The SMILES string of the molecule is O=C(Cc1cc(F)ccc1Br)CC1CC1. The zero-order valence-electron chi connectivity index (χ0n) is 8.30. The van der Waals surface area contributed by atoms with E-state index >= 15 is 0 Å². The quantitative estimate of drug-likeness (QED) is 0.819. The van der Waals surface area contributed by atoms with Gasteiger partial charge in [0, 0.05) is 17.3 Å². The van der Waals surface area contributed by atoms with Gasteiger partial charge in [-0.15, -0.1) is 0 Å². The van der Waals surface area contributed by atoms with Crippen LogP contribution in [0, 0.1) is 11.7 Å². The maximum Gasteiger partial charge on any atom is 0.137 e. The smallest absolute Gasteiger partial charge is 0.137 e. The summed E-state index contributed by atoms with van der Waals surface area (Å²) in [6.07, 6.45) is 3.35. The molecule has 0 bridgehead atoms. The Balaban J connectivity index is 2.01. The standard InChI is InChI=1S/C12H12BrFO/c13-12-4-3-10(14)6-9(12)7-11(15)5-8-1-2-8/h3-4,6,8H,1-2,5,7H2. The van der Waals surface area contributed by atoms with E-state index in [1.54, 1.807) is 6.07 Å². The molecule has 1 aromatic rings. The van der Waals surface area contributed by atoms with Crippen LogP contribution in [0.1, 0.15) is 24.8 Å². The number of halogens is 2. The Hall–Kier alpha value is -0.700. The molecule has 0 aromatic heterocycles. The van der Waals surface area contributed by atoms with Crippen LogP contribution in [0.5, 0.6) is 0 Å². The summed E-state index contributed by atoms with van der Waals surface area (Å²) in [5.74, 6) is 0.529. The summed E-state index contributed by atoms with van der Waals surface area (Å²) in [7, 11) is 0. The fourth-order valence-electron chi connectivity index (χ4n) is 1.61. The number of rotatable bonds is 4. The van der Waals surface area contributed by atoms with E-state index in [0.717, 1.165) is 10.0 Å². The van der Waals surface area contributed by atoms with Crippen molar-refractivity contribution in [1.29, 1.82) is 0 Å². The van der Waals surface area contributed by atoms with Gasteiger partial charge in [-0.1, -0.05) is 15.9 Å². The molecule has 0 aliphatic heterocycles. The Morgan fingerprint density at radius 1 is 1.47 bits per heavy atom. The second-order valence-electron chi connectivity index (χ2n) is 4.10. The maximum atomic E-state index is 12.9. The first-order chi connectivity index (χ1) is 7.15. The first-order valence-electron chi connectivity index (χ1n) is 5.11. The highest BCUT2D eigenvalue weighted by atomic mass is 79.9. The molecular weight excluding hydrogens is 259 g/mol. The Labute approximate surface area is 96.8 Å². The fraction of sp³-hybridized carbons (Fsp3) is 0.417. The van der Waals surface area contributed by atoms with E-state index in [-0.39, 0.29) is 11.6 Å². The minimum absolute atomic E-state index is 0.212. The minimum atomic E-state index is -0.285. The molecule has 3 heteroatoms. The van der Waals surface area contributed by atoms with E-state index in [1.807, 2.05) is 0 Å². The molecule has 0 spiro atoms. The van der Waals surface area contributed by atoms with Gasteiger partial charge in [0.2, 0.25) is 0 Å². The molecule has 0 atom stereocenters. The molecular formula is C12H12BrFO. The number of carbonyl (C=O) groups excluding carboxylic acids is 1. The number of carbonyl (C=O) groups is 1. The summed E-state index contributed by atoms with van der Waals surface area (Å²) in [5, 5.41) is 0. The summed E-state index contributed by atoms with van der Waals surface area (Å²) in [6.45, 7) is 0. The Kier molecular flexibility index (Phi) is 3.19. The van der Waals surface area contributed by atoms with Crippen molar-refractivity contribution in [3.63, 3.8) is 0 Å². The highest BCUT2D eigenvalue weighted by Crippen LogP contribution is 2.33. The molecule has 1 aliphatic rings. The second kappa shape index (κ2) is 4.44. The number of hydrogen-bond donors (Lipinski definition) is 0. The highest BCUT2D eigenvalue weighted by Gasteiger charge is 2.24. The van der Waals surface area contributed by atoms with Gasteiger partial charge < -0.3 is 0 Å². The summed E-state index contributed by atoms with van der Waals surface area (Å²) < 4.78 is 13.8. The van der Waals surface area contributed by atoms with Gasteiger partial charge in [0.15, 0.2) is 0 Å². The van der Waals surface area contributed by atoms with Crippen LogP contribution in [0.15, 0.2) is 22.7 Å². The molecule has 0 saturated heterocycles. The number of Topliss-reactive ketones (excluding diaryl/α,β-unsaturated/α-hetero) is 1. The molecule has 15 heavy (non-hydrogen) atoms. The molecule has 0 heterocycles. The van der Waals surface area contributed by atoms with Crippen molar-refractivity contribution in [3.05, 3.63) is 34.1 Å². The van der Waals surface area contributed by atoms with Crippen LogP contribution in [0.25, 0.3) is 0 Å². The summed E-state index contributed by atoms with van der Waals surface area (Å²) in [6, 6.07) is 4.46. The predicted molar refractivity (Wildman–Crippen MR) is 60.2 cm³/mol. The van der Waals surface area contributed by atoms with Crippen LogP contribution in [0.3, 0.4) is 0 Å². The molecule has 0 unspecified atom stereocenters. The van der Waals surface area contributed by atoms with Crippen molar-refractivity contribution < 1.29 is 9.18 Å². The van der Waals surface area contributed by atoms with Crippen LogP contribution in [-0.4, -0.2) is 5.78 Å². The number of hydrogen-bond acceptors (Lipinski definition) is 1. The van der Waals surface area contributed by atoms with Crippen LogP contribution in [-0.2, 0) is 11.2 Å². The lowest BCUT2D eigenvalue weighted by Gasteiger charge is -2.03. The fourth-order valence-corrected chi connectivity index (χ4v) is 1.99. The molecule has 1 fully saturated rings. The lowest BCUT2D eigenvalue weighted by Crippen LogP contribution is -2.04. The maximum absolute atomic E-state index is 12.9. The molecule has 1 nitrogen and oxygen atoms in total. The molecule has 2 rings (SSSR count). The molecule has 1 aromatic carbocycles. The Morgan fingerprint density at radius 3 is 2.87 bits per heavy atom. The topological polar surface area (TPSA) is 17.1 Å². The van der Waals surface area contributed by atoms with Crippen molar-refractivity contribution in [2.75, 3.05) is 0 Å². The van der Waals surface area contributed by atoms with Crippen molar-refractivity contribution in [3.8, 4) is 0 Å². The molecule has 0 N–H and O–H groups in total. The molecule has 0 radical (unpaired) electrons. The van der Waals surface area contributed by atoms with Gasteiger partial charge in [-0.3, -0.25) is 4.79 Å². The van der Waals surface area contributed by atoms with Crippen LogP contribution in [0.4, 0.5) is 4.39 Å². The monoisotopic (exact) mass is 270 g/mol. The van der Waals surface area contributed by atoms with Crippen molar-refractivity contribution >= 4 is 21.7 Å². The highest BCUT2D eigenvalue weighted by molar-refractivity contribution is 9.10. The van der Waals surface area contributed by atoms with E-state index in [0.29, 0.717) is 18.8 Å². The largest absolute Gasteiger partial charge is 0.299 e. The second-order valence-corrected chi connectivity index (χ2v) is 4.95. The zero-order valence-corrected chi connectivity index (χ0v) is 9.89. The molecule has 1 aliphatic carbocycles. The van der Waals surface area contributed by atoms with Crippen molar-refractivity contribution in [2.24, 2.45) is 5.92 Å². The third-order valence-corrected chi connectivity index (χ3v) is 3.38. The molecule has 0 amide bonds. The Bertz CT molecular complexity index is 385. The van der Waals surface area contributed by atoms with E-state index in [4.69, 9.17) is 0 Å². The minimum Gasteiger partial charge on any atom is -0.299 e. The van der Waals surface area contributed by atoms with Gasteiger partial charge in [-0.2, -0.15) is 0 Å². The van der Waals surface area contributed by atoms with Crippen LogP contribution < -0.4 is 0 Å². The van der Waals surface area contributed by atoms with Crippen LogP contribution in [0.2, 0.25) is 0 Å². The lowest BCUT2D eigenvalue weighted by molar-refractivity contribution is -0.118. The number of ketones is 1. The Morgan fingerprint density at radius 2 is 2.20 bits per heavy atom. The van der Waals surface area contributed by atoms with E-state index in [2.05, 4.69) is 15.9 Å². The average Bonchev–Trinajstić information content (AvgIpc) is 2.95. The van der Waals surface area contributed by atoms with E-state index in [9.17, 15) is 9.18 Å². The normalized spacial score (nSPS) is 15.3. The first-order valence-corrected chi connectivity index (χ1v) is 5.90. The zero-order chi connectivity index (χ0) is 10.8. The summed E-state index contributed by atoms with van der Waals surface area (Å²) >= 11 is 3.32. The average molecular weight is 271 g/mol. The summed E-state index contributed by atoms with van der Waals surface area (Å²) in [4.78, 5) is 11.6.